The molecule has 1 aromatic rings. The first-order valence-electron chi connectivity index (χ1n) is 2.63. The molecule has 0 amide bonds. The fraction of sp³-hybridized carbons (Fsp3) is 0. The number of rotatable bonds is 1. The summed E-state index contributed by atoms with van der Waals surface area (Å²) in [7, 11) is -4.00. The summed E-state index contributed by atoms with van der Waals surface area (Å²) in [6.45, 7) is 0. The zero-order valence-electron chi connectivity index (χ0n) is 8.41. The zero-order valence-corrected chi connectivity index (χ0v) is 10.3. The van der Waals surface area contributed by atoms with Gasteiger partial charge in [0.2, 0.25) is 0 Å². The van der Waals surface area contributed by atoms with Gasteiger partial charge in [-0.2, -0.15) is 8.42 Å². The van der Waals surface area contributed by atoms with Crippen molar-refractivity contribution in [3.8, 4) is 0 Å². The first-order chi connectivity index (χ1) is 4.61. The maximum atomic E-state index is 10.4. The van der Waals surface area contributed by atoms with Crippen molar-refractivity contribution in [1.82, 2.24) is 0 Å². The monoisotopic (exact) mass is 322 g/mol. The van der Waals surface area contributed by atoms with Crippen molar-refractivity contribution in [3.05, 3.63) is 30.3 Å². The Hall–Kier alpha value is -0.591. The Morgan fingerprint density at radius 1 is 0.765 bits per heavy atom. The van der Waals surface area contributed by atoms with E-state index >= 15 is 0 Å². The largest absolute Gasteiger partial charge is 0.412 e. The van der Waals surface area contributed by atoms with E-state index in [2.05, 4.69) is 0 Å². The third-order valence-corrected chi connectivity index (χ3v) is 1.91. The van der Waals surface area contributed by atoms with Gasteiger partial charge < -0.3 is 32.9 Å². The second-order valence-corrected chi connectivity index (χ2v) is 3.21. The molecule has 0 saturated heterocycles. The molecular formula is C6H18FeO9S. The Balaban J connectivity index is -0.0000000286. The van der Waals surface area contributed by atoms with Crippen LogP contribution in [0.5, 0.6) is 0 Å². The quantitative estimate of drug-likeness (QED) is 0.401. The summed E-state index contributed by atoms with van der Waals surface area (Å²) in [6, 6.07) is 7.42. The molecule has 13 N–H and O–H groups in total. The van der Waals surface area contributed by atoms with E-state index in [9.17, 15) is 8.42 Å². The van der Waals surface area contributed by atoms with Gasteiger partial charge in [-0.25, -0.2) is 0 Å². The second-order valence-electron chi connectivity index (χ2n) is 1.79. The minimum absolute atomic E-state index is 0. The van der Waals surface area contributed by atoms with Crippen LogP contribution in [-0.2, 0) is 27.2 Å². The van der Waals surface area contributed by atoms with Crippen LogP contribution < -0.4 is 0 Å². The molecule has 0 aliphatic carbocycles. The van der Waals surface area contributed by atoms with E-state index in [0.717, 1.165) is 0 Å². The van der Waals surface area contributed by atoms with Crippen LogP contribution in [0.1, 0.15) is 0 Å². The Morgan fingerprint density at radius 3 is 1.24 bits per heavy atom. The summed E-state index contributed by atoms with van der Waals surface area (Å²) in [5, 5.41) is 0. The summed E-state index contributed by atoms with van der Waals surface area (Å²) in [6.07, 6.45) is 0. The zero-order chi connectivity index (χ0) is 7.61. The molecule has 0 aliphatic rings. The first kappa shape index (κ1) is 44.0. The van der Waals surface area contributed by atoms with Crippen molar-refractivity contribution in [2.24, 2.45) is 0 Å². The van der Waals surface area contributed by atoms with Crippen LogP contribution in [0.4, 0.5) is 0 Å². The molecule has 0 radical (unpaired) electrons. The third-order valence-electron chi connectivity index (χ3n) is 1.04. The van der Waals surface area contributed by atoms with Gasteiger partial charge in [0.1, 0.15) is 0 Å². The van der Waals surface area contributed by atoms with Gasteiger partial charge in [0.05, 0.1) is 4.90 Å². The predicted molar refractivity (Wildman–Crippen MR) is 57.9 cm³/mol. The van der Waals surface area contributed by atoms with E-state index in [-0.39, 0.29) is 54.8 Å². The van der Waals surface area contributed by atoms with Crippen LogP contribution >= 0.6 is 0 Å². The van der Waals surface area contributed by atoms with Crippen molar-refractivity contribution in [2.75, 3.05) is 0 Å². The van der Waals surface area contributed by atoms with E-state index in [0.29, 0.717) is 0 Å². The molecule has 9 nitrogen and oxygen atoms in total. The Morgan fingerprint density at radius 2 is 1.06 bits per heavy atom. The molecular weight excluding hydrogens is 304 g/mol. The van der Waals surface area contributed by atoms with Crippen LogP contribution in [0, 0.1) is 0 Å². The number of hydrogen-bond donors (Lipinski definition) is 1. The van der Waals surface area contributed by atoms with Gasteiger partial charge in [-0.15, -0.1) is 0 Å². The molecule has 0 unspecified atom stereocenters. The summed E-state index contributed by atoms with van der Waals surface area (Å²) in [5.41, 5.74) is 0. The van der Waals surface area contributed by atoms with Crippen LogP contribution in [-0.4, -0.2) is 45.8 Å². The van der Waals surface area contributed by atoms with Crippen LogP contribution in [0.25, 0.3) is 0 Å². The van der Waals surface area contributed by atoms with E-state index in [1.54, 1.807) is 18.2 Å². The van der Waals surface area contributed by atoms with E-state index in [1.165, 1.54) is 12.1 Å². The fourth-order valence-electron chi connectivity index (χ4n) is 0.592. The summed E-state index contributed by atoms with van der Waals surface area (Å²) >= 11 is 0. The standard InChI is InChI=1S/C6H6O3S.Fe.6H2O/c7-10(8,9)6-4-2-1-3-5-6;;;;;;;/h1-5H,(H,7,8,9);;6*1H2. The molecule has 0 atom stereocenters. The van der Waals surface area contributed by atoms with Gasteiger partial charge in [-0.05, 0) is 12.1 Å². The first-order valence-corrected chi connectivity index (χ1v) is 4.07. The molecule has 0 aromatic heterocycles. The molecule has 0 bridgehead atoms. The molecule has 0 heterocycles. The van der Waals surface area contributed by atoms with Crippen LogP contribution in [0.2, 0.25) is 0 Å². The molecule has 110 valence electrons. The van der Waals surface area contributed by atoms with Crippen molar-refractivity contribution >= 4 is 10.1 Å². The Bertz CT molecular complexity index is 314. The SMILES string of the molecule is O.O.O.O.O.O.O=S(=O)(O)c1ccccc1.[Fe]. The molecule has 17 heavy (non-hydrogen) atoms. The van der Waals surface area contributed by atoms with Gasteiger partial charge >= 0.3 is 0 Å². The van der Waals surface area contributed by atoms with E-state index in [4.69, 9.17) is 4.55 Å². The van der Waals surface area contributed by atoms with Gasteiger partial charge in [-0.3, -0.25) is 4.55 Å². The third kappa shape index (κ3) is 15.4. The fourth-order valence-corrected chi connectivity index (χ4v) is 1.09. The Kier molecular flexibility index (Phi) is 46.1. The molecule has 0 fully saturated rings. The smallest absolute Gasteiger partial charge is 0.294 e. The van der Waals surface area contributed by atoms with Gasteiger partial charge in [0.15, 0.2) is 0 Å². The van der Waals surface area contributed by atoms with Crippen molar-refractivity contribution < 1.29 is 62.9 Å². The second kappa shape index (κ2) is 17.8. The van der Waals surface area contributed by atoms with E-state index in [1.807, 2.05) is 0 Å². The summed E-state index contributed by atoms with van der Waals surface area (Å²) < 4.78 is 29.2. The molecule has 1 rings (SSSR count). The average Bonchev–Trinajstić information content (AvgIpc) is 1.88. The van der Waals surface area contributed by atoms with Crippen molar-refractivity contribution in [2.45, 2.75) is 4.90 Å². The van der Waals surface area contributed by atoms with Crippen molar-refractivity contribution in [1.29, 1.82) is 0 Å². The van der Waals surface area contributed by atoms with Crippen molar-refractivity contribution in [3.63, 3.8) is 0 Å². The van der Waals surface area contributed by atoms with Gasteiger partial charge in [0.25, 0.3) is 10.1 Å². The normalized spacial score (nSPS) is 6.65. The van der Waals surface area contributed by atoms with Gasteiger partial charge in [0, 0.05) is 17.1 Å². The van der Waals surface area contributed by atoms with E-state index < -0.39 is 10.1 Å². The number of hydrogen-bond acceptors (Lipinski definition) is 2. The summed E-state index contributed by atoms with van der Waals surface area (Å²) in [4.78, 5) is -0.0741. The van der Waals surface area contributed by atoms with Crippen LogP contribution in [0.3, 0.4) is 0 Å². The molecule has 0 aliphatic heterocycles. The predicted octanol–water partition coefficient (Wildman–Crippen LogP) is -4.02. The molecule has 1 aromatic carbocycles. The molecule has 0 saturated carbocycles. The molecule has 11 heteroatoms. The minimum Gasteiger partial charge on any atom is -0.412 e. The van der Waals surface area contributed by atoms with Crippen LogP contribution in [0.15, 0.2) is 35.2 Å². The maximum Gasteiger partial charge on any atom is 0.294 e. The summed E-state index contributed by atoms with van der Waals surface area (Å²) in [5.74, 6) is 0. The minimum atomic E-state index is -4.00. The molecule has 0 spiro atoms. The average molecular weight is 322 g/mol. The maximum absolute atomic E-state index is 10.4. The number of benzene rings is 1. The topological polar surface area (TPSA) is 243 Å². The van der Waals surface area contributed by atoms with Gasteiger partial charge in [-0.1, -0.05) is 18.2 Å². The Labute approximate surface area is 109 Å².